The number of amides is 2. The minimum atomic E-state index is -4.30. The monoisotopic (exact) mass is 621 g/mol. The molecule has 0 aliphatic heterocycles. The first-order valence-electron chi connectivity index (χ1n) is 13.2. The second-order valence-corrected chi connectivity index (χ2v) is 12.8. The van der Waals surface area contributed by atoms with E-state index in [1.165, 1.54) is 59.5 Å². The number of hydrogen-bond acceptors (Lipinski definition) is 4. The molecule has 0 unspecified atom stereocenters. The molecule has 0 radical (unpaired) electrons. The molecular formula is C30H34Cl2FN3O4S. The molecule has 2 amide bonds. The van der Waals surface area contributed by atoms with Crippen molar-refractivity contribution in [1.29, 1.82) is 0 Å². The molecule has 3 rings (SSSR count). The lowest BCUT2D eigenvalue weighted by Gasteiger charge is -2.33. The highest BCUT2D eigenvalue weighted by Gasteiger charge is 2.34. The van der Waals surface area contributed by atoms with Crippen LogP contribution in [0.1, 0.15) is 38.3 Å². The SMILES string of the molecule is CC[C@@H](C(=O)NCC(C)C)N(Cc1ccc(F)cc1)C(=O)CN(c1cccc(Cl)c1Cl)S(=O)(=O)c1ccc(C)cc1. The highest BCUT2D eigenvalue weighted by Crippen LogP contribution is 2.35. The topological polar surface area (TPSA) is 86.8 Å². The zero-order valence-electron chi connectivity index (χ0n) is 23.4. The maximum atomic E-state index is 14.1. The van der Waals surface area contributed by atoms with E-state index in [4.69, 9.17) is 23.2 Å². The second kappa shape index (κ2) is 14.2. The molecule has 41 heavy (non-hydrogen) atoms. The van der Waals surface area contributed by atoms with Crippen LogP contribution in [0.3, 0.4) is 0 Å². The quantitative estimate of drug-likeness (QED) is 0.260. The third kappa shape index (κ3) is 8.21. The molecule has 11 heteroatoms. The average Bonchev–Trinajstić information content (AvgIpc) is 2.93. The summed E-state index contributed by atoms with van der Waals surface area (Å²) in [4.78, 5) is 28.6. The zero-order chi connectivity index (χ0) is 30.3. The summed E-state index contributed by atoms with van der Waals surface area (Å²) in [5.41, 5.74) is 1.45. The van der Waals surface area contributed by atoms with Crippen molar-refractivity contribution in [3.8, 4) is 0 Å². The number of anilines is 1. The van der Waals surface area contributed by atoms with Crippen molar-refractivity contribution in [3.63, 3.8) is 0 Å². The van der Waals surface area contributed by atoms with E-state index in [2.05, 4.69) is 5.32 Å². The molecule has 0 aliphatic rings. The van der Waals surface area contributed by atoms with Gasteiger partial charge in [0.15, 0.2) is 0 Å². The van der Waals surface area contributed by atoms with E-state index in [1.54, 1.807) is 19.1 Å². The molecular weight excluding hydrogens is 588 g/mol. The summed E-state index contributed by atoms with van der Waals surface area (Å²) < 4.78 is 42.4. The van der Waals surface area contributed by atoms with E-state index in [1.807, 2.05) is 20.8 Å². The molecule has 0 saturated carbocycles. The summed E-state index contributed by atoms with van der Waals surface area (Å²) in [5, 5.41) is 2.94. The third-order valence-electron chi connectivity index (χ3n) is 6.42. The van der Waals surface area contributed by atoms with Crippen LogP contribution in [0, 0.1) is 18.7 Å². The van der Waals surface area contributed by atoms with E-state index < -0.39 is 34.3 Å². The van der Waals surface area contributed by atoms with E-state index >= 15 is 0 Å². The normalized spacial score (nSPS) is 12.2. The van der Waals surface area contributed by atoms with Gasteiger partial charge in [0.1, 0.15) is 18.4 Å². The lowest BCUT2D eigenvalue weighted by atomic mass is 10.1. The van der Waals surface area contributed by atoms with Crippen LogP contribution in [-0.4, -0.2) is 44.3 Å². The molecule has 3 aromatic carbocycles. The smallest absolute Gasteiger partial charge is 0.264 e. The third-order valence-corrected chi connectivity index (χ3v) is 9.01. The van der Waals surface area contributed by atoms with Gasteiger partial charge < -0.3 is 10.2 Å². The lowest BCUT2D eigenvalue weighted by Crippen LogP contribution is -2.52. The van der Waals surface area contributed by atoms with Gasteiger partial charge in [0.05, 0.1) is 20.6 Å². The van der Waals surface area contributed by atoms with Gasteiger partial charge in [-0.3, -0.25) is 13.9 Å². The van der Waals surface area contributed by atoms with E-state index in [9.17, 15) is 22.4 Å². The number of rotatable bonds is 12. The summed E-state index contributed by atoms with van der Waals surface area (Å²) in [6.07, 6.45) is 0.263. The summed E-state index contributed by atoms with van der Waals surface area (Å²) in [6, 6.07) is 15.4. The molecule has 0 aliphatic carbocycles. The van der Waals surface area contributed by atoms with Crippen molar-refractivity contribution < 1.29 is 22.4 Å². The number of nitrogens with one attached hydrogen (secondary N) is 1. The van der Waals surface area contributed by atoms with Crippen LogP contribution in [0.2, 0.25) is 10.0 Å². The Labute approximate surface area is 251 Å². The van der Waals surface area contributed by atoms with E-state index in [-0.39, 0.29) is 45.4 Å². The van der Waals surface area contributed by atoms with Gasteiger partial charge in [-0.15, -0.1) is 0 Å². The molecule has 220 valence electrons. The van der Waals surface area contributed by atoms with E-state index in [0.717, 1.165) is 9.87 Å². The van der Waals surface area contributed by atoms with Crippen LogP contribution in [0.15, 0.2) is 71.6 Å². The Morgan fingerprint density at radius 1 is 0.976 bits per heavy atom. The van der Waals surface area contributed by atoms with Crippen molar-refractivity contribution in [1.82, 2.24) is 10.2 Å². The van der Waals surface area contributed by atoms with Crippen molar-refractivity contribution in [2.45, 2.75) is 51.6 Å². The predicted molar refractivity (Wildman–Crippen MR) is 161 cm³/mol. The Morgan fingerprint density at radius 3 is 2.20 bits per heavy atom. The first-order chi connectivity index (χ1) is 19.3. The van der Waals surface area contributed by atoms with Crippen LogP contribution in [0.4, 0.5) is 10.1 Å². The first kappa shape index (κ1) is 32.4. The highest BCUT2D eigenvalue weighted by molar-refractivity contribution is 7.92. The Balaban J connectivity index is 2.08. The van der Waals surface area contributed by atoms with Crippen LogP contribution in [0.25, 0.3) is 0 Å². The fourth-order valence-electron chi connectivity index (χ4n) is 4.16. The fourth-order valence-corrected chi connectivity index (χ4v) is 6.04. The van der Waals surface area contributed by atoms with Gasteiger partial charge in [-0.2, -0.15) is 0 Å². The van der Waals surface area contributed by atoms with Gasteiger partial charge in [0, 0.05) is 13.1 Å². The molecule has 3 aromatic rings. The Bertz CT molecular complexity index is 1470. The minimum Gasteiger partial charge on any atom is -0.354 e. The van der Waals surface area contributed by atoms with Gasteiger partial charge in [0.2, 0.25) is 11.8 Å². The standard InChI is InChI=1S/C30H34Cl2FN3O4S/c1-5-26(30(38)34-17-20(2)3)35(18-22-11-13-23(33)14-12-22)28(37)19-36(27-8-6-7-25(31)29(27)32)41(39,40)24-15-9-21(4)10-16-24/h6-16,20,26H,5,17-19H2,1-4H3,(H,34,38)/t26-/m0/s1. The Hall–Kier alpha value is -3.14. The van der Waals surface area contributed by atoms with Gasteiger partial charge in [-0.1, -0.05) is 79.9 Å². The number of hydrogen-bond donors (Lipinski definition) is 1. The van der Waals surface area contributed by atoms with Gasteiger partial charge >= 0.3 is 0 Å². The molecule has 0 fully saturated rings. The van der Waals surface area contributed by atoms with Crippen LogP contribution in [0.5, 0.6) is 0 Å². The number of carbonyl (C=O) groups excluding carboxylic acids is 2. The summed E-state index contributed by atoms with van der Waals surface area (Å²) in [7, 11) is -4.30. The first-order valence-corrected chi connectivity index (χ1v) is 15.4. The van der Waals surface area contributed by atoms with Crippen molar-refractivity contribution in [2.24, 2.45) is 5.92 Å². The molecule has 0 heterocycles. The number of carbonyl (C=O) groups is 2. The Kier molecular flexibility index (Phi) is 11.2. The second-order valence-electron chi connectivity index (χ2n) is 10.1. The number of aryl methyl sites for hydroxylation is 1. The molecule has 0 spiro atoms. The van der Waals surface area contributed by atoms with Gasteiger partial charge in [0.25, 0.3) is 10.0 Å². The average molecular weight is 623 g/mol. The Morgan fingerprint density at radius 2 is 1.61 bits per heavy atom. The maximum absolute atomic E-state index is 14.1. The van der Waals surface area contributed by atoms with E-state index in [0.29, 0.717) is 12.1 Å². The number of benzene rings is 3. The molecule has 1 N–H and O–H groups in total. The molecule has 0 bridgehead atoms. The predicted octanol–water partition coefficient (Wildman–Crippen LogP) is 6.22. The maximum Gasteiger partial charge on any atom is 0.264 e. The zero-order valence-corrected chi connectivity index (χ0v) is 25.7. The molecule has 7 nitrogen and oxygen atoms in total. The summed E-state index contributed by atoms with van der Waals surface area (Å²) in [5.74, 6) is -1.28. The van der Waals surface area contributed by atoms with Crippen molar-refractivity contribution in [2.75, 3.05) is 17.4 Å². The number of nitrogens with zero attached hydrogens (tertiary/aromatic N) is 2. The van der Waals surface area contributed by atoms with Crippen LogP contribution >= 0.6 is 23.2 Å². The summed E-state index contributed by atoms with van der Waals surface area (Å²) in [6.45, 7) is 7.18. The fraction of sp³-hybridized carbons (Fsp3) is 0.333. The summed E-state index contributed by atoms with van der Waals surface area (Å²) >= 11 is 12.7. The lowest BCUT2D eigenvalue weighted by molar-refractivity contribution is -0.140. The van der Waals surface area contributed by atoms with Crippen molar-refractivity contribution in [3.05, 3.63) is 93.7 Å². The van der Waals surface area contributed by atoms with Gasteiger partial charge in [-0.25, -0.2) is 12.8 Å². The minimum absolute atomic E-state index is 0.0205. The van der Waals surface area contributed by atoms with Crippen molar-refractivity contribution >= 4 is 50.7 Å². The molecule has 1 atom stereocenters. The largest absolute Gasteiger partial charge is 0.354 e. The molecule has 0 saturated heterocycles. The number of halogens is 3. The van der Waals surface area contributed by atoms with Crippen LogP contribution in [-0.2, 0) is 26.2 Å². The van der Waals surface area contributed by atoms with Crippen LogP contribution < -0.4 is 9.62 Å². The van der Waals surface area contributed by atoms with Gasteiger partial charge in [-0.05, 0) is 61.2 Å². The number of sulfonamides is 1. The molecule has 0 aromatic heterocycles. The highest BCUT2D eigenvalue weighted by atomic mass is 35.5.